The second kappa shape index (κ2) is 9.02. The van der Waals surface area contributed by atoms with Crippen molar-refractivity contribution in [2.45, 2.75) is 13.2 Å². The molecule has 0 bridgehead atoms. The Balaban J connectivity index is 2.06. The fourth-order valence-electron chi connectivity index (χ4n) is 2.32. The van der Waals surface area contributed by atoms with E-state index in [1.165, 1.54) is 56.5 Å². The lowest BCUT2D eigenvalue weighted by Gasteiger charge is -2.19. The zero-order valence-electron chi connectivity index (χ0n) is 15.0. The van der Waals surface area contributed by atoms with Crippen LogP contribution < -0.4 is 19.5 Å². The van der Waals surface area contributed by atoms with Crippen LogP contribution in [0.4, 0.5) is 23.7 Å². The van der Waals surface area contributed by atoms with Crippen LogP contribution in [0.1, 0.15) is 5.56 Å². The van der Waals surface area contributed by atoms with Crippen molar-refractivity contribution >= 4 is 11.7 Å². The molecule has 0 aliphatic carbocycles. The van der Waals surface area contributed by atoms with Crippen LogP contribution in [0, 0.1) is 5.82 Å². The summed E-state index contributed by atoms with van der Waals surface area (Å²) in [6, 6.07) is 7.96. The maximum Gasteiger partial charge on any atom is 0.387 e. The number of hydrogen-bond donors (Lipinski definition) is 1. The average molecular weight is 384 g/mol. The third-order valence-corrected chi connectivity index (χ3v) is 3.61. The van der Waals surface area contributed by atoms with Crippen LogP contribution in [0.2, 0.25) is 0 Å². The number of hydrogen-bond acceptors (Lipinski definition) is 4. The van der Waals surface area contributed by atoms with Gasteiger partial charge in [0.2, 0.25) is 0 Å². The smallest absolute Gasteiger partial charge is 0.387 e. The molecule has 0 heterocycles. The molecule has 0 spiro atoms. The molecule has 0 atom stereocenters. The number of nitrogens with zero attached hydrogens (tertiary/aromatic N) is 1. The number of anilines is 1. The van der Waals surface area contributed by atoms with Gasteiger partial charge < -0.3 is 24.4 Å². The summed E-state index contributed by atoms with van der Waals surface area (Å²) in [5.41, 5.74) is 0.798. The van der Waals surface area contributed by atoms with E-state index in [-0.39, 0.29) is 29.5 Å². The maximum atomic E-state index is 13.7. The molecule has 0 aromatic heterocycles. The molecule has 0 fully saturated rings. The lowest BCUT2D eigenvalue weighted by Crippen LogP contribution is -2.30. The lowest BCUT2D eigenvalue weighted by molar-refractivity contribution is -0.0511. The summed E-state index contributed by atoms with van der Waals surface area (Å²) >= 11 is 0. The molecule has 2 aromatic carbocycles. The summed E-state index contributed by atoms with van der Waals surface area (Å²) in [6.45, 7) is -2.90. The van der Waals surface area contributed by atoms with Crippen LogP contribution in [-0.4, -0.2) is 38.8 Å². The van der Waals surface area contributed by atoms with Crippen molar-refractivity contribution < 1.29 is 32.2 Å². The van der Waals surface area contributed by atoms with Crippen LogP contribution in [-0.2, 0) is 6.54 Å². The Kier molecular flexibility index (Phi) is 6.75. The Bertz CT molecular complexity index is 802. The predicted octanol–water partition coefficient (Wildman–Crippen LogP) is 4.11. The minimum Gasteiger partial charge on any atom is -0.494 e. The third kappa shape index (κ3) is 5.44. The van der Waals surface area contributed by atoms with Gasteiger partial charge in [0.25, 0.3) is 0 Å². The summed E-state index contributed by atoms with van der Waals surface area (Å²) in [5, 5.41) is 2.55. The molecule has 1 N–H and O–H groups in total. The first-order valence-corrected chi connectivity index (χ1v) is 7.81. The Morgan fingerprint density at radius 2 is 1.74 bits per heavy atom. The standard InChI is InChI=1S/C18H19F3N2O4/c1-23(10-11-4-6-14(25-2)13(19)8-11)18(24)22-12-5-7-15(26-3)16(9-12)27-17(20)21/h4-9,17H,10H2,1-3H3,(H,22,24). The number of nitrogens with one attached hydrogen (secondary N) is 1. The zero-order valence-corrected chi connectivity index (χ0v) is 15.0. The lowest BCUT2D eigenvalue weighted by atomic mass is 10.2. The monoisotopic (exact) mass is 384 g/mol. The number of benzene rings is 2. The molecule has 0 saturated carbocycles. The van der Waals surface area contributed by atoms with Gasteiger partial charge in [-0.1, -0.05) is 6.07 Å². The number of carbonyl (C=O) groups is 1. The minimum atomic E-state index is -3.03. The number of urea groups is 1. The fourth-order valence-corrected chi connectivity index (χ4v) is 2.32. The quantitative estimate of drug-likeness (QED) is 0.781. The largest absolute Gasteiger partial charge is 0.494 e. The van der Waals surface area contributed by atoms with E-state index in [9.17, 15) is 18.0 Å². The van der Waals surface area contributed by atoms with E-state index in [1.807, 2.05) is 0 Å². The van der Waals surface area contributed by atoms with Crippen molar-refractivity contribution in [1.82, 2.24) is 4.90 Å². The molecule has 27 heavy (non-hydrogen) atoms. The number of amides is 2. The van der Waals surface area contributed by atoms with Gasteiger partial charge in [-0.15, -0.1) is 0 Å². The van der Waals surface area contributed by atoms with Crippen LogP contribution in [0.25, 0.3) is 0 Å². The fraction of sp³-hybridized carbons (Fsp3) is 0.278. The number of carbonyl (C=O) groups excluding carboxylic acids is 1. The van der Waals surface area contributed by atoms with E-state index in [2.05, 4.69) is 10.1 Å². The second-order valence-corrected chi connectivity index (χ2v) is 5.50. The van der Waals surface area contributed by atoms with Crippen molar-refractivity contribution in [1.29, 1.82) is 0 Å². The first-order valence-electron chi connectivity index (χ1n) is 7.81. The summed E-state index contributed by atoms with van der Waals surface area (Å²) in [6.07, 6.45) is 0. The Morgan fingerprint density at radius 3 is 2.33 bits per heavy atom. The highest BCUT2D eigenvalue weighted by atomic mass is 19.3. The maximum absolute atomic E-state index is 13.7. The van der Waals surface area contributed by atoms with Gasteiger partial charge in [0, 0.05) is 25.3 Å². The van der Waals surface area contributed by atoms with Gasteiger partial charge in [-0.25, -0.2) is 9.18 Å². The summed E-state index contributed by atoms with van der Waals surface area (Å²) in [5.74, 6) is -0.524. The van der Waals surface area contributed by atoms with Gasteiger partial charge in [0.05, 0.1) is 14.2 Å². The van der Waals surface area contributed by atoms with E-state index >= 15 is 0 Å². The van der Waals surface area contributed by atoms with Gasteiger partial charge in [-0.05, 0) is 29.8 Å². The number of ether oxygens (including phenoxy) is 3. The summed E-state index contributed by atoms with van der Waals surface area (Å²) < 4.78 is 52.8. The van der Waals surface area contributed by atoms with Crippen LogP contribution in [0.15, 0.2) is 36.4 Å². The van der Waals surface area contributed by atoms with Gasteiger partial charge in [0.15, 0.2) is 23.1 Å². The number of halogens is 3. The molecular weight excluding hydrogens is 365 g/mol. The highest BCUT2D eigenvalue weighted by Gasteiger charge is 2.15. The Hall–Kier alpha value is -3.10. The Morgan fingerprint density at radius 1 is 1.07 bits per heavy atom. The molecule has 9 heteroatoms. The van der Waals surface area contributed by atoms with Gasteiger partial charge in [0.1, 0.15) is 0 Å². The van der Waals surface area contributed by atoms with Crippen molar-refractivity contribution in [3.63, 3.8) is 0 Å². The SMILES string of the molecule is COc1ccc(CN(C)C(=O)Nc2ccc(OC)c(OC(F)F)c2)cc1F. The second-order valence-electron chi connectivity index (χ2n) is 5.50. The first kappa shape index (κ1) is 20.2. The van der Waals surface area contributed by atoms with Crippen LogP contribution in [0.3, 0.4) is 0 Å². The number of rotatable bonds is 7. The molecule has 0 aliphatic rings. The summed E-state index contributed by atoms with van der Waals surface area (Å²) in [4.78, 5) is 13.6. The minimum absolute atomic E-state index is 0.107. The first-order chi connectivity index (χ1) is 12.8. The molecule has 2 rings (SSSR count). The number of alkyl halides is 2. The van der Waals surface area contributed by atoms with E-state index < -0.39 is 18.5 Å². The Labute approximate surface area is 154 Å². The highest BCUT2D eigenvalue weighted by molar-refractivity contribution is 5.89. The van der Waals surface area contributed by atoms with E-state index in [0.29, 0.717) is 5.56 Å². The predicted molar refractivity (Wildman–Crippen MR) is 93.1 cm³/mol. The van der Waals surface area contributed by atoms with E-state index in [0.717, 1.165) is 0 Å². The van der Waals surface area contributed by atoms with Crippen LogP contribution in [0.5, 0.6) is 17.2 Å². The van der Waals surface area contributed by atoms with Gasteiger partial charge in [-0.3, -0.25) is 0 Å². The van der Waals surface area contributed by atoms with Gasteiger partial charge >= 0.3 is 12.6 Å². The molecule has 0 saturated heterocycles. The van der Waals surface area contributed by atoms with Gasteiger partial charge in [-0.2, -0.15) is 8.78 Å². The molecule has 0 aliphatic heterocycles. The third-order valence-electron chi connectivity index (χ3n) is 3.61. The van der Waals surface area contributed by atoms with Crippen molar-refractivity contribution in [2.24, 2.45) is 0 Å². The zero-order chi connectivity index (χ0) is 20.0. The molecular formula is C18H19F3N2O4. The molecule has 146 valence electrons. The van der Waals surface area contributed by atoms with Crippen molar-refractivity contribution in [3.8, 4) is 17.2 Å². The van der Waals surface area contributed by atoms with Crippen molar-refractivity contribution in [2.75, 3.05) is 26.6 Å². The normalized spacial score (nSPS) is 10.5. The highest BCUT2D eigenvalue weighted by Crippen LogP contribution is 2.31. The summed E-state index contributed by atoms with van der Waals surface area (Å²) in [7, 11) is 4.18. The van der Waals surface area contributed by atoms with Crippen LogP contribution >= 0.6 is 0 Å². The average Bonchev–Trinajstić information content (AvgIpc) is 2.61. The molecule has 0 unspecified atom stereocenters. The molecule has 2 amide bonds. The molecule has 6 nitrogen and oxygen atoms in total. The van der Waals surface area contributed by atoms with Crippen molar-refractivity contribution in [3.05, 3.63) is 47.8 Å². The topological polar surface area (TPSA) is 60.0 Å². The molecule has 2 aromatic rings. The van der Waals surface area contributed by atoms with E-state index in [1.54, 1.807) is 6.07 Å². The number of methoxy groups -OCH3 is 2. The van der Waals surface area contributed by atoms with E-state index in [4.69, 9.17) is 9.47 Å². The molecule has 0 radical (unpaired) electrons.